The summed E-state index contributed by atoms with van der Waals surface area (Å²) in [5, 5.41) is 10.6. The first-order chi connectivity index (χ1) is 13.0. The minimum Gasteiger partial charge on any atom is -0.392 e. The second-order valence-electron chi connectivity index (χ2n) is 8.14. The minimum atomic E-state index is -0.0105. The number of pyridine rings is 1. The quantitative estimate of drug-likeness (QED) is 0.691. The summed E-state index contributed by atoms with van der Waals surface area (Å²) < 4.78 is 6.03. The van der Waals surface area contributed by atoms with Crippen LogP contribution in [-0.4, -0.2) is 45.6 Å². The number of ether oxygens (including phenoxy) is 1. The van der Waals surface area contributed by atoms with Crippen molar-refractivity contribution >= 4 is 26.8 Å². The van der Waals surface area contributed by atoms with Crippen LogP contribution in [0.3, 0.4) is 0 Å². The molecule has 0 bridgehead atoms. The highest BCUT2D eigenvalue weighted by Crippen LogP contribution is 2.50. The molecule has 0 spiro atoms. The van der Waals surface area contributed by atoms with Crippen LogP contribution in [0.25, 0.3) is 10.9 Å². The molecule has 0 amide bonds. The lowest BCUT2D eigenvalue weighted by Gasteiger charge is -2.48. The molecule has 1 saturated carbocycles. The summed E-state index contributed by atoms with van der Waals surface area (Å²) in [7, 11) is 1.81. The first kappa shape index (κ1) is 19.3. The molecule has 2 aromatic rings. The summed E-state index contributed by atoms with van der Waals surface area (Å²) in [6, 6.07) is 9.04. The van der Waals surface area contributed by atoms with Crippen molar-refractivity contribution in [3.05, 3.63) is 41.6 Å². The van der Waals surface area contributed by atoms with Crippen molar-refractivity contribution in [1.82, 2.24) is 9.88 Å². The fourth-order valence-electron chi connectivity index (χ4n) is 5.32. The molecule has 2 fully saturated rings. The maximum absolute atomic E-state index is 9.54. The van der Waals surface area contributed by atoms with Crippen molar-refractivity contribution in [2.24, 2.45) is 11.8 Å². The van der Waals surface area contributed by atoms with Gasteiger partial charge in [-0.3, -0.25) is 9.88 Å². The van der Waals surface area contributed by atoms with Crippen LogP contribution in [0, 0.1) is 11.8 Å². The predicted molar refractivity (Wildman–Crippen MR) is 112 cm³/mol. The van der Waals surface area contributed by atoms with E-state index in [1.54, 1.807) is 7.11 Å². The summed E-state index contributed by atoms with van der Waals surface area (Å²) >= 11 is 3.79. The maximum Gasteiger partial charge on any atom is 0.0980 e. The Morgan fingerprint density at radius 2 is 2.15 bits per heavy atom. The Morgan fingerprint density at radius 1 is 1.33 bits per heavy atom. The van der Waals surface area contributed by atoms with Gasteiger partial charge in [0.15, 0.2) is 0 Å². The van der Waals surface area contributed by atoms with Crippen molar-refractivity contribution in [2.45, 2.75) is 56.3 Å². The molecule has 1 aliphatic carbocycles. The molecule has 4 rings (SSSR count). The molecule has 3 unspecified atom stereocenters. The van der Waals surface area contributed by atoms with E-state index in [1.807, 2.05) is 18.3 Å². The van der Waals surface area contributed by atoms with E-state index in [4.69, 9.17) is 4.74 Å². The number of nitrogens with zero attached hydrogens (tertiary/aromatic N) is 2. The molecule has 1 aliphatic heterocycles. The van der Waals surface area contributed by atoms with Crippen LogP contribution >= 0.6 is 15.9 Å². The van der Waals surface area contributed by atoms with E-state index < -0.39 is 0 Å². The van der Waals surface area contributed by atoms with E-state index in [0.717, 1.165) is 34.8 Å². The minimum absolute atomic E-state index is 0.0105. The molecule has 6 atom stereocenters. The van der Waals surface area contributed by atoms with Gasteiger partial charge in [-0.15, -0.1) is 0 Å². The smallest absolute Gasteiger partial charge is 0.0980 e. The molecule has 5 heteroatoms. The highest BCUT2D eigenvalue weighted by Gasteiger charge is 2.51. The Bertz CT molecular complexity index is 812. The van der Waals surface area contributed by atoms with Crippen LogP contribution in [0.15, 0.2) is 30.5 Å². The SMILES string of the molecule is CO[C@H](c1ccnc2ccc(CO)cc12)C(C)N1CC[C@@H]2C1C[C@@H]2C(C)Br. The molecule has 27 heavy (non-hydrogen) atoms. The zero-order valence-corrected chi connectivity index (χ0v) is 17.9. The maximum atomic E-state index is 9.54. The zero-order valence-electron chi connectivity index (χ0n) is 16.3. The number of aromatic nitrogens is 1. The highest BCUT2D eigenvalue weighted by atomic mass is 79.9. The lowest BCUT2D eigenvalue weighted by atomic mass is 9.68. The second-order valence-corrected chi connectivity index (χ2v) is 9.59. The summed E-state index contributed by atoms with van der Waals surface area (Å²) in [6.45, 7) is 5.77. The van der Waals surface area contributed by atoms with Crippen LogP contribution < -0.4 is 0 Å². The third-order valence-electron chi connectivity index (χ3n) is 6.84. The third kappa shape index (κ3) is 3.33. The van der Waals surface area contributed by atoms with Gasteiger partial charge in [0.25, 0.3) is 0 Å². The van der Waals surface area contributed by atoms with E-state index in [2.05, 4.69) is 51.8 Å². The Balaban J connectivity index is 1.62. The molecule has 2 heterocycles. The van der Waals surface area contributed by atoms with Crippen molar-refractivity contribution < 1.29 is 9.84 Å². The van der Waals surface area contributed by atoms with E-state index in [-0.39, 0.29) is 12.7 Å². The summed E-state index contributed by atoms with van der Waals surface area (Å²) in [5.41, 5.74) is 3.03. The molecular formula is C22H29BrN2O2. The van der Waals surface area contributed by atoms with Crippen LogP contribution in [0.4, 0.5) is 0 Å². The van der Waals surface area contributed by atoms with Gasteiger partial charge >= 0.3 is 0 Å². The number of hydrogen-bond donors (Lipinski definition) is 1. The van der Waals surface area contributed by atoms with Crippen molar-refractivity contribution in [2.75, 3.05) is 13.7 Å². The number of benzene rings is 1. The molecule has 2 aliphatic rings. The zero-order chi connectivity index (χ0) is 19.1. The number of aliphatic hydroxyl groups is 1. The second kappa shape index (κ2) is 7.78. The van der Waals surface area contributed by atoms with E-state index in [0.29, 0.717) is 16.9 Å². The Kier molecular flexibility index (Phi) is 5.57. The molecule has 4 nitrogen and oxygen atoms in total. The van der Waals surface area contributed by atoms with Crippen molar-refractivity contribution in [3.8, 4) is 0 Å². The van der Waals surface area contributed by atoms with Crippen LogP contribution in [0.1, 0.15) is 43.9 Å². The fraction of sp³-hybridized carbons (Fsp3) is 0.591. The largest absolute Gasteiger partial charge is 0.392 e. The molecule has 1 aromatic heterocycles. The number of hydrogen-bond acceptors (Lipinski definition) is 4. The van der Waals surface area contributed by atoms with Gasteiger partial charge in [-0.2, -0.15) is 0 Å². The molecule has 1 aromatic carbocycles. The first-order valence-electron chi connectivity index (χ1n) is 9.96. The van der Waals surface area contributed by atoms with Gasteiger partial charge in [0.2, 0.25) is 0 Å². The average Bonchev–Trinajstić information content (AvgIpc) is 2.97. The topological polar surface area (TPSA) is 45.6 Å². The van der Waals surface area contributed by atoms with Crippen molar-refractivity contribution in [3.63, 3.8) is 0 Å². The van der Waals surface area contributed by atoms with E-state index in [9.17, 15) is 5.11 Å². The fourth-order valence-corrected chi connectivity index (χ4v) is 5.93. The molecule has 1 saturated heterocycles. The lowest BCUT2D eigenvalue weighted by Crippen LogP contribution is -2.52. The number of likely N-dealkylation sites (tertiary alicyclic amines) is 1. The van der Waals surface area contributed by atoms with Crippen LogP contribution in [0.5, 0.6) is 0 Å². The summed E-state index contributed by atoms with van der Waals surface area (Å²) in [5.74, 6) is 1.62. The molecule has 1 N–H and O–H groups in total. The van der Waals surface area contributed by atoms with Gasteiger partial charge in [-0.05, 0) is 67.5 Å². The highest BCUT2D eigenvalue weighted by molar-refractivity contribution is 9.09. The standard InChI is InChI=1S/C22H29BrN2O2/c1-13(23)18-11-21-16(18)7-9-25(21)14(2)22(27-3)17-6-8-24-20-5-4-15(12-26)10-19(17)20/h4-6,8,10,13-14,16,18,21-22,26H,7,9,11-12H2,1-3H3/t13?,14?,16-,18+,21?,22-/m0/s1. The number of aliphatic hydroxyl groups excluding tert-OH is 1. The van der Waals surface area contributed by atoms with Gasteiger partial charge in [-0.25, -0.2) is 0 Å². The summed E-state index contributed by atoms with van der Waals surface area (Å²) in [6.07, 6.45) is 4.43. The number of methoxy groups -OCH3 is 1. The van der Waals surface area contributed by atoms with Crippen molar-refractivity contribution in [1.29, 1.82) is 0 Å². The van der Waals surface area contributed by atoms with Gasteiger partial charge < -0.3 is 9.84 Å². The molecule has 0 radical (unpaired) electrons. The summed E-state index contributed by atoms with van der Waals surface area (Å²) in [4.78, 5) is 7.77. The van der Waals surface area contributed by atoms with Gasteiger partial charge in [0.1, 0.15) is 0 Å². The van der Waals surface area contributed by atoms with Crippen LogP contribution in [-0.2, 0) is 11.3 Å². The number of alkyl halides is 1. The Morgan fingerprint density at radius 3 is 2.85 bits per heavy atom. The lowest BCUT2D eigenvalue weighted by molar-refractivity contribution is -0.0182. The number of fused-ring (bicyclic) bond motifs is 2. The number of rotatable bonds is 6. The van der Waals surface area contributed by atoms with Gasteiger partial charge in [0.05, 0.1) is 18.2 Å². The Labute approximate surface area is 170 Å². The average molecular weight is 433 g/mol. The normalized spacial score (nSPS) is 28.6. The predicted octanol–water partition coefficient (Wildman–Crippen LogP) is 4.30. The monoisotopic (exact) mass is 432 g/mol. The number of halogens is 1. The Hall–Kier alpha value is -1.01. The molecular weight excluding hydrogens is 404 g/mol. The first-order valence-corrected chi connectivity index (χ1v) is 10.9. The van der Waals surface area contributed by atoms with E-state index in [1.165, 1.54) is 18.4 Å². The molecule has 146 valence electrons. The van der Waals surface area contributed by atoms with Gasteiger partial charge in [-0.1, -0.05) is 28.9 Å². The van der Waals surface area contributed by atoms with E-state index >= 15 is 0 Å². The third-order valence-corrected chi connectivity index (χ3v) is 7.52. The van der Waals surface area contributed by atoms with Gasteiger partial charge in [0, 0.05) is 35.6 Å². The van der Waals surface area contributed by atoms with Crippen LogP contribution in [0.2, 0.25) is 0 Å².